The first-order valence-corrected chi connectivity index (χ1v) is 12.0. The summed E-state index contributed by atoms with van der Waals surface area (Å²) in [4.78, 5) is 17.4. The van der Waals surface area contributed by atoms with E-state index in [4.69, 9.17) is 4.74 Å². The van der Waals surface area contributed by atoms with Gasteiger partial charge in [-0.3, -0.25) is 4.79 Å². The van der Waals surface area contributed by atoms with Crippen LogP contribution in [0.2, 0.25) is 0 Å². The molecular weight excluding hydrogens is 400 g/mol. The molecule has 1 aliphatic heterocycles. The van der Waals surface area contributed by atoms with Crippen LogP contribution in [-0.4, -0.2) is 58.8 Å². The molecule has 7 heteroatoms. The van der Waals surface area contributed by atoms with Crippen LogP contribution in [0.5, 0.6) is 0 Å². The molecule has 162 valence electrons. The van der Waals surface area contributed by atoms with Crippen LogP contribution in [0.3, 0.4) is 0 Å². The number of amides is 1. The van der Waals surface area contributed by atoms with Crippen LogP contribution in [0.15, 0.2) is 47.4 Å². The maximum atomic E-state index is 13.5. The van der Waals surface area contributed by atoms with Gasteiger partial charge in [0, 0.05) is 51.3 Å². The van der Waals surface area contributed by atoms with Crippen LogP contribution in [0.25, 0.3) is 0 Å². The summed E-state index contributed by atoms with van der Waals surface area (Å²) >= 11 is 0. The number of carbonyl (C=O) groups excluding carboxylic acids is 1. The zero-order valence-corrected chi connectivity index (χ0v) is 18.9. The number of sulfone groups is 1. The van der Waals surface area contributed by atoms with Crippen molar-refractivity contribution in [2.24, 2.45) is 0 Å². The molecule has 0 bridgehead atoms. The quantitative estimate of drug-likeness (QED) is 0.674. The Morgan fingerprint density at radius 1 is 1.13 bits per heavy atom. The van der Waals surface area contributed by atoms with Crippen molar-refractivity contribution in [3.8, 4) is 0 Å². The van der Waals surface area contributed by atoms with E-state index in [9.17, 15) is 13.2 Å². The van der Waals surface area contributed by atoms with Crippen molar-refractivity contribution in [1.29, 1.82) is 0 Å². The predicted molar refractivity (Wildman–Crippen MR) is 119 cm³/mol. The molecule has 1 unspecified atom stereocenters. The zero-order valence-electron chi connectivity index (χ0n) is 18.1. The highest BCUT2D eigenvalue weighted by Crippen LogP contribution is 2.22. The number of carbonyl (C=O) groups is 1. The number of benzene rings is 2. The third-order valence-electron chi connectivity index (χ3n) is 5.43. The zero-order chi connectivity index (χ0) is 21.9. The average Bonchev–Trinajstić information content (AvgIpc) is 3.20. The number of rotatable bonds is 7. The van der Waals surface area contributed by atoms with Gasteiger partial charge in [0.25, 0.3) is 5.91 Å². The first-order valence-electron chi connectivity index (χ1n) is 10.1. The number of aryl methyl sites for hydroxylation is 1. The van der Waals surface area contributed by atoms with E-state index in [1.54, 1.807) is 17.0 Å². The van der Waals surface area contributed by atoms with Crippen LogP contribution in [0.4, 0.5) is 5.69 Å². The molecule has 2 aromatic rings. The number of hydrogen-bond donors (Lipinski definition) is 0. The molecule has 0 aromatic heterocycles. The second-order valence-corrected chi connectivity index (χ2v) is 10.1. The Labute approximate surface area is 179 Å². The summed E-state index contributed by atoms with van der Waals surface area (Å²) in [5, 5.41) is 0. The van der Waals surface area contributed by atoms with E-state index in [2.05, 4.69) is 0 Å². The van der Waals surface area contributed by atoms with E-state index >= 15 is 0 Å². The van der Waals surface area contributed by atoms with Gasteiger partial charge in [0.2, 0.25) is 0 Å². The first-order chi connectivity index (χ1) is 14.1. The molecule has 1 fully saturated rings. The molecule has 2 aromatic carbocycles. The standard InChI is InChI=1S/C23H30N2O4S/c1-17-7-12-21(30(4,27)28)14-22(17)23(26)25(16-20-6-5-13-29-20)15-18-8-10-19(11-9-18)24(2)3/h7-12,14,20H,5-6,13,15-16H2,1-4H3. The average molecular weight is 431 g/mol. The number of ether oxygens (including phenoxy) is 1. The molecule has 0 N–H and O–H groups in total. The summed E-state index contributed by atoms with van der Waals surface area (Å²) in [6.45, 7) is 3.47. The molecule has 1 atom stereocenters. The molecule has 1 aliphatic rings. The van der Waals surface area contributed by atoms with Gasteiger partial charge in [0.05, 0.1) is 11.0 Å². The van der Waals surface area contributed by atoms with E-state index in [0.29, 0.717) is 25.3 Å². The lowest BCUT2D eigenvalue weighted by Crippen LogP contribution is -2.37. The number of hydrogen-bond acceptors (Lipinski definition) is 5. The second-order valence-electron chi connectivity index (χ2n) is 8.13. The largest absolute Gasteiger partial charge is 0.378 e. The highest BCUT2D eigenvalue weighted by atomic mass is 32.2. The van der Waals surface area contributed by atoms with Crippen LogP contribution >= 0.6 is 0 Å². The number of nitrogens with zero attached hydrogens (tertiary/aromatic N) is 2. The summed E-state index contributed by atoms with van der Waals surface area (Å²) < 4.78 is 29.8. The third-order valence-corrected chi connectivity index (χ3v) is 6.54. The fourth-order valence-electron chi connectivity index (χ4n) is 3.61. The van der Waals surface area contributed by atoms with Gasteiger partial charge in [0.15, 0.2) is 9.84 Å². The van der Waals surface area contributed by atoms with E-state index in [0.717, 1.165) is 35.9 Å². The van der Waals surface area contributed by atoms with Gasteiger partial charge in [-0.1, -0.05) is 18.2 Å². The molecular formula is C23H30N2O4S. The van der Waals surface area contributed by atoms with Gasteiger partial charge in [0.1, 0.15) is 0 Å². The molecule has 1 heterocycles. The van der Waals surface area contributed by atoms with E-state index < -0.39 is 9.84 Å². The van der Waals surface area contributed by atoms with Crippen LogP contribution in [-0.2, 0) is 21.1 Å². The fourth-order valence-corrected chi connectivity index (χ4v) is 4.25. The molecule has 6 nitrogen and oxygen atoms in total. The topological polar surface area (TPSA) is 66.9 Å². The Balaban J connectivity index is 1.90. The minimum atomic E-state index is -3.40. The molecule has 0 saturated carbocycles. The summed E-state index contributed by atoms with van der Waals surface area (Å²) in [5.41, 5.74) is 3.28. The van der Waals surface area contributed by atoms with Gasteiger partial charge < -0.3 is 14.5 Å². The monoisotopic (exact) mass is 430 g/mol. The van der Waals surface area contributed by atoms with Crippen molar-refractivity contribution in [3.63, 3.8) is 0 Å². The highest BCUT2D eigenvalue weighted by molar-refractivity contribution is 7.90. The Kier molecular flexibility index (Phi) is 6.83. The molecule has 1 amide bonds. The second kappa shape index (κ2) is 9.18. The fraction of sp³-hybridized carbons (Fsp3) is 0.435. The van der Waals surface area contributed by atoms with Gasteiger partial charge in [-0.15, -0.1) is 0 Å². The minimum absolute atomic E-state index is 0.00777. The first kappa shape index (κ1) is 22.3. The van der Waals surface area contributed by atoms with Crippen molar-refractivity contribution in [2.75, 3.05) is 38.4 Å². The number of anilines is 1. The SMILES string of the molecule is Cc1ccc(S(C)(=O)=O)cc1C(=O)N(Cc1ccc(N(C)C)cc1)CC1CCCO1. The van der Waals surface area contributed by atoms with Crippen LogP contribution in [0, 0.1) is 6.92 Å². The summed E-state index contributed by atoms with van der Waals surface area (Å²) in [7, 11) is 0.576. The molecule has 3 rings (SSSR count). The lowest BCUT2D eigenvalue weighted by molar-refractivity contribution is 0.0506. The Morgan fingerprint density at radius 2 is 1.83 bits per heavy atom. The van der Waals surface area contributed by atoms with Crippen molar-refractivity contribution >= 4 is 21.4 Å². The van der Waals surface area contributed by atoms with Crippen molar-refractivity contribution in [3.05, 3.63) is 59.2 Å². The smallest absolute Gasteiger partial charge is 0.254 e. The maximum Gasteiger partial charge on any atom is 0.254 e. The van der Waals surface area contributed by atoms with Crippen molar-refractivity contribution in [1.82, 2.24) is 4.90 Å². The van der Waals surface area contributed by atoms with Gasteiger partial charge in [-0.2, -0.15) is 0 Å². The van der Waals surface area contributed by atoms with E-state index in [-0.39, 0.29) is 16.9 Å². The van der Waals surface area contributed by atoms with Gasteiger partial charge >= 0.3 is 0 Å². The highest BCUT2D eigenvalue weighted by Gasteiger charge is 2.25. The maximum absolute atomic E-state index is 13.5. The summed E-state index contributed by atoms with van der Waals surface area (Å²) in [6, 6.07) is 12.8. The molecule has 30 heavy (non-hydrogen) atoms. The van der Waals surface area contributed by atoms with Crippen LogP contribution in [0.1, 0.15) is 34.3 Å². The Morgan fingerprint density at radius 3 is 2.40 bits per heavy atom. The lowest BCUT2D eigenvalue weighted by Gasteiger charge is -2.27. The molecule has 0 radical (unpaired) electrons. The summed E-state index contributed by atoms with van der Waals surface area (Å²) in [6.07, 6.45) is 3.08. The van der Waals surface area contributed by atoms with E-state index in [1.165, 1.54) is 6.07 Å². The Bertz CT molecular complexity index is 994. The molecule has 0 aliphatic carbocycles. The predicted octanol–water partition coefficient (Wildman–Crippen LogP) is 3.29. The molecule has 0 spiro atoms. The molecule has 1 saturated heterocycles. The van der Waals surface area contributed by atoms with Crippen molar-refractivity contribution < 1.29 is 17.9 Å². The van der Waals surface area contributed by atoms with Crippen molar-refractivity contribution in [2.45, 2.75) is 37.3 Å². The lowest BCUT2D eigenvalue weighted by atomic mass is 10.1. The van der Waals surface area contributed by atoms with Gasteiger partial charge in [-0.05, 0) is 55.2 Å². The minimum Gasteiger partial charge on any atom is -0.378 e. The third kappa shape index (κ3) is 5.40. The normalized spacial score (nSPS) is 16.5. The van der Waals surface area contributed by atoms with E-state index in [1.807, 2.05) is 50.2 Å². The van der Waals surface area contributed by atoms with Gasteiger partial charge in [-0.25, -0.2) is 8.42 Å². The van der Waals surface area contributed by atoms with Crippen LogP contribution < -0.4 is 4.90 Å². The Hall–Kier alpha value is -2.38. The summed E-state index contributed by atoms with van der Waals surface area (Å²) in [5.74, 6) is -0.176.